The zero-order valence-electron chi connectivity index (χ0n) is 12.8. The summed E-state index contributed by atoms with van der Waals surface area (Å²) in [6.07, 6.45) is 11.4. The quantitative estimate of drug-likeness (QED) is 0.620. The van der Waals surface area contributed by atoms with Crippen LogP contribution in [0.2, 0.25) is 0 Å². The molecule has 2 atom stereocenters. The summed E-state index contributed by atoms with van der Waals surface area (Å²) in [4.78, 5) is 8.15. The average Bonchev–Trinajstić information content (AvgIpc) is 3.15. The van der Waals surface area contributed by atoms with E-state index in [1.54, 1.807) is 0 Å². The minimum absolute atomic E-state index is 0.168. The molecule has 7 heteroatoms. The van der Waals surface area contributed by atoms with Crippen molar-refractivity contribution in [3.63, 3.8) is 0 Å². The number of aromatic amines is 1. The second kappa shape index (κ2) is 6.03. The van der Waals surface area contributed by atoms with Crippen molar-refractivity contribution in [3.8, 4) is 0 Å². The maximum absolute atomic E-state index is 6.42. The fourth-order valence-corrected chi connectivity index (χ4v) is 3.61. The van der Waals surface area contributed by atoms with Gasteiger partial charge in [0.2, 0.25) is 0 Å². The molecule has 1 aliphatic carbocycles. The molecule has 3 aliphatic rings. The zero-order chi connectivity index (χ0) is 15.8. The Bertz CT molecular complexity index is 689. The zero-order valence-corrected chi connectivity index (χ0v) is 13.6. The lowest BCUT2D eigenvalue weighted by molar-refractivity contribution is 0.347. The van der Waals surface area contributed by atoms with Crippen LogP contribution in [0.5, 0.6) is 0 Å². The van der Waals surface area contributed by atoms with Gasteiger partial charge in [-0.1, -0.05) is 23.8 Å². The molecule has 0 saturated carbocycles. The lowest BCUT2D eigenvalue weighted by atomic mass is 9.97. The van der Waals surface area contributed by atoms with E-state index in [9.17, 15) is 0 Å². The predicted octanol–water partition coefficient (Wildman–Crippen LogP) is 1.59. The molecular weight excluding hydrogens is 312 g/mol. The molecule has 1 fully saturated rings. The van der Waals surface area contributed by atoms with Crippen molar-refractivity contribution in [1.29, 1.82) is 0 Å². The molecule has 4 rings (SSSR count). The average molecular weight is 333 g/mol. The van der Waals surface area contributed by atoms with Crippen molar-refractivity contribution >= 4 is 23.6 Å². The van der Waals surface area contributed by atoms with Gasteiger partial charge in [0.25, 0.3) is 0 Å². The molecule has 0 bridgehead atoms. The summed E-state index contributed by atoms with van der Waals surface area (Å²) >= 11 is 6.42. The van der Waals surface area contributed by atoms with Gasteiger partial charge in [0.05, 0.1) is 5.03 Å². The van der Waals surface area contributed by atoms with Gasteiger partial charge in [-0.25, -0.2) is 10.0 Å². The van der Waals surface area contributed by atoms with Crippen molar-refractivity contribution in [2.24, 2.45) is 10.8 Å². The van der Waals surface area contributed by atoms with Gasteiger partial charge < -0.3 is 15.6 Å². The molecule has 1 saturated heterocycles. The third kappa shape index (κ3) is 2.89. The Hall–Kier alpha value is -1.76. The highest BCUT2D eigenvalue weighted by atomic mass is 35.5. The molecule has 1 aromatic rings. The minimum Gasteiger partial charge on any atom is -0.364 e. The van der Waals surface area contributed by atoms with E-state index in [0.717, 1.165) is 43.9 Å². The van der Waals surface area contributed by atoms with Crippen LogP contribution in [0.4, 0.5) is 0 Å². The Morgan fingerprint density at radius 2 is 2.35 bits per heavy atom. The maximum atomic E-state index is 6.42. The maximum Gasteiger partial charge on any atom is 0.196 e. The Balaban J connectivity index is 1.57. The molecule has 0 aromatic carbocycles. The third-order valence-corrected chi connectivity index (χ3v) is 4.92. The molecular formula is C16H21ClN6. The number of halogens is 1. The molecule has 2 unspecified atom stereocenters. The number of nitrogens with two attached hydrogens (primary N) is 1. The van der Waals surface area contributed by atoms with Crippen LogP contribution in [-0.4, -0.2) is 35.1 Å². The fraction of sp³-hybridized carbons (Fsp3) is 0.438. The van der Waals surface area contributed by atoms with E-state index in [2.05, 4.69) is 27.8 Å². The fourth-order valence-electron chi connectivity index (χ4n) is 3.39. The summed E-state index contributed by atoms with van der Waals surface area (Å²) in [5, 5.41) is 9.09. The highest BCUT2D eigenvalue weighted by molar-refractivity contribution is 6.30. The normalized spacial score (nSPS) is 27.2. The third-order valence-electron chi connectivity index (χ3n) is 4.60. The Morgan fingerprint density at radius 3 is 3.17 bits per heavy atom. The van der Waals surface area contributed by atoms with Gasteiger partial charge in [-0.2, -0.15) is 0 Å². The summed E-state index contributed by atoms with van der Waals surface area (Å²) in [5.41, 5.74) is 3.63. The Labute approximate surface area is 140 Å². The number of nitrogens with one attached hydrogen (secondary N) is 3. The molecule has 1 aromatic heterocycles. The first-order chi connectivity index (χ1) is 11.2. The van der Waals surface area contributed by atoms with Crippen molar-refractivity contribution < 1.29 is 0 Å². The summed E-state index contributed by atoms with van der Waals surface area (Å²) in [7, 11) is 0. The molecule has 5 N–H and O–H groups in total. The van der Waals surface area contributed by atoms with E-state index in [0.29, 0.717) is 11.1 Å². The lowest BCUT2D eigenvalue weighted by Gasteiger charge is -2.23. The molecule has 6 nitrogen and oxygen atoms in total. The summed E-state index contributed by atoms with van der Waals surface area (Å²) < 4.78 is 0. The van der Waals surface area contributed by atoms with E-state index in [4.69, 9.17) is 22.4 Å². The van der Waals surface area contributed by atoms with E-state index < -0.39 is 0 Å². The van der Waals surface area contributed by atoms with Crippen molar-refractivity contribution in [2.45, 2.75) is 31.3 Å². The molecule has 0 spiro atoms. The summed E-state index contributed by atoms with van der Waals surface area (Å²) in [6.45, 7) is 1.73. The Morgan fingerprint density at radius 1 is 1.43 bits per heavy atom. The summed E-state index contributed by atoms with van der Waals surface area (Å²) in [6, 6.07) is 0.149. The van der Waals surface area contributed by atoms with E-state index in [1.165, 1.54) is 11.3 Å². The number of H-pyrrole nitrogens is 1. The van der Waals surface area contributed by atoms with Crippen molar-refractivity contribution in [2.75, 3.05) is 13.1 Å². The summed E-state index contributed by atoms with van der Waals surface area (Å²) in [5.74, 6) is 6.58. The number of hydrogen-bond donors (Lipinski definition) is 4. The van der Waals surface area contributed by atoms with Crippen LogP contribution in [0.25, 0.3) is 6.08 Å². The number of aryl methyl sites for hydroxylation is 1. The van der Waals surface area contributed by atoms with E-state index in [1.807, 2.05) is 17.4 Å². The van der Waals surface area contributed by atoms with Crippen LogP contribution in [0, 0.1) is 0 Å². The minimum atomic E-state index is -0.168. The Kier molecular flexibility index (Phi) is 3.88. The first-order valence-electron chi connectivity index (χ1n) is 8.03. The van der Waals surface area contributed by atoms with Gasteiger partial charge in [-0.15, -0.1) is 0 Å². The topological polar surface area (TPSA) is 81.5 Å². The SMILES string of the molecule is NN1CCC(NC2=NC(c3c[nH]c4c3C=CCC4)C(Cl)=CN2)C1. The lowest BCUT2D eigenvalue weighted by Crippen LogP contribution is -2.45. The number of allylic oxidation sites excluding steroid dienone is 1. The number of hydrogen-bond acceptors (Lipinski definition) is 5. The molecule has 2 aliphatic heterocycles. The van der Waals surface area contributed by atoms with Crippen LogP contribution in [0.1, 0.15) is 35.7 Å². The van der Waals surface area contributed by atoms with Crippen LogP contribution in [-0.2, 0) is 6.42 Å². The first-order valence-corrected chi connectivity index (χ1v) is 8.41. The van der Waals surface area contributed by atoms with Crippen molar-refractivity contribution in [1.82, 2.24) is 20.6 Å². The van der Waals surface area contributed by atoms with Gasteiger partial charge >= 0.3 is 0 Å². The first kappa shape index (κ1) is 14.8. The van der Waals surface area contributed by atoms with E-state index >= 15 is 0 Å². The number of hydrazine groups is 1. The van der Waals surface area contributed by atoms with Gasteiger partial charge in [0, 0.05) is 48.3 Å². The van der Waals surface area contributed by atoms with Gasteiger partial charge in [0.1, 0.15) is 6.04 Å². The largest absolute Gasteiger partial charge is 0.364 e. The highest BCUT2D eigenvalue weighted by Gasteiger charge is 2.26. The number of aromatic nitrogens is 1. The standard InChI is InChI=1S/C16H21ClN6/c17-13-8-20-16(21-10-5-6-23(18)9-10)22-15(13)12-7-19-14-4-2-1-3-11(12)14/h1,3,7-8,10,15,19H,2,4-6,9,18H2,(H2,20,21,22). The van der Waals surface area contributed by atoms with Gasteiger partial charge in [-0.05, 0) is 19.3 Å². The van der Waals surface area contributed by atoms with E-state index in [-0.39, 0.29) is 6.04 Å². The van der Waals surface area contributed by atoms with Crippen molar-refractivity contribution in [3.05, 3.63) is 40.3 Å². The monoisotopic (exact) mass is 332 g/mol. The van der Waals surface area contributed by atoms with Gasteiger partial charge in [0.15, 0.2) is 5.96 Å². The molecule has 0 amide bonds. The van der Waals surface area contributed by atoms with Gasteiger partial charge in [-0.3, -0.25) is 5.84 Å². The molecule has 3 heterocycles. The number of rotatable bonds is 2. The molecule has 122 valence electrons. The number of aliphatic imine (C=N–C) groups is 1. The second-order valence-corrected chi connectivity index (χ2v) is 6.69. The number of nitrogens with zero attached hydrogens (tertiary/aromatic N) is 2. The molecule has 23 heavy (non-hydrogen) atoms. The van der Waals surface area contributed by atoms with Crippen LogP contribution >= 0.6 is 11.6 Å². The van der Waals surface area contributed by atoms with Crippen LogP contribution in [0.3, 0.4) is 0 Å². The molecule has 0 radical (unpaired) electrons. The second-order valence-electron chi connectivity index (χ2n) is 6.26. The number of fused-ring (bicyclic) bond motifs is 1. The highest BCUT2D eigenvalue weighted by Crippen LogP contribution is 2.35. The predicted molar refractivity (Wildman–Crippen MR) is 92.7 cm³/mol. The van der Waals surface area contributed by atoms with Crippen LogP contribution < -0.4 is 16.5 Å². The van der Waals surface area contributed by atoms with Crippen LogP contribution in [0.15, 0.2) is 28.5 Å². The number of guanidine groups is 1. The smallest absolute Gasteiger partial charge is 0.196 e.